The van der Waals surface area contributed by atoms with E-state index < -0.39 is 0 Å². The number of fused-ring (bicyclic) bond motifs is 3. The second kappa shape index (κ2) is 4.52. The molecule has 6 nitrogen and oxygen atoms in total. The lowest BCUT2D eigenvalue weighted by Gasteiger charge is -2.09. The molecular formula is C15H12N6. The summed E-state index contributed by atoms with van der Waals surface area (Å²) in [7, 11) is 0. The van der Waals surface area contributed by atoms with Gasteiger partial charge >= 0.3 is 0 Å². The summed E-state index contributed by atoms with van der Waals surface area (Å²) < 4.78 is 1.44. The summed E-state index contributed by atoms with van der Waals surface area (Å²) in [5, 5.41) is 21.4. The van der Waals surface area contributed by atoms with E-state index in [1.165, 1.54) is 10.2 Å². The van der Waals surface area contributed by atoms with Crippen LogP contribution in [-0.2, 0) is 0 Å². The summed E-state index contributed by atoms with van der Waals surface area (Å²) in [5.74, 6) is 0.732. The fourth-order valence-electron chi connectivity index (χ4n) is 2.40. The van der Waals surface area contributed by atoms with Gasteiger partial charge in [0.15, 0.2) is 5.82 Å². The molecule has 2 heterocycles. The maximum absolute atomic E-state index is 4.46. The van der Waals surface area contributed by atoms with E-state index in [1.807, 2.05) is 36.4 Å². The molecule has 0 amide bonds. The molecule has 0 saturated carbocycles. The highest BCUT2D eigenvalue weighted by Gasteiger charge is 2.10. The number of nitrogens with one attached hydrogen (secondary N) is 1. The zero-order valence-electron chi connectivity index (χ0n) is 11.4. The van der Waals surface area contributed by atoms with E-state index in [0.717, 1.165) is 22.3 Å². The van der Waals surface area contributed by atoms with Gasteiger partial charge in [-0.1, -0.05) is 36.4 Å². The maximum Gasteiger partial charge on any atom is 0.207 e. The molecule has 0 aliphatic rings. The van der Waals surface area contributed by atoms with Gasteiger partial charge in [0, 0.05) is 16.5 Å². The highest BCUT2D eigenvalue weighted by atomic mass is 15.6. The van der Waals surface area contributed by atoms with Gasteiger partial charge in [-0.05, 0) is 35.0 Å². The topological polar surface area (TPSA) is 68.0 Å². The van der Waals surface area contributed by atoms with Crippen molar-refractivity contribution >= 4 is 27.9 Å². The minimum atomic E-state index is 0.653. The van der Waals surface area contributed by atoms with Crippen molar-refractivity contribution in [1.29, 1.82) is 0 Å². The normalized spacial score (nSPS) is 11.1. The van der Waals surface area contributed by atoms with Crippen molar-refractivity contribution in [2.45, 2.75) is 6.92 Å². The Hall–Kier alpha value is -3.02. The molecule has 102 valence electrons. The predicted octanol–water partition coefficient (Wildman–Crippen LogP) is 2.72. The van der Waals surface area contributed by atoms with Gasteiger partial charge < -0.3 is 5.32 Å². The smallest absolute Gasteiger partial charge is 0.207 e. The summed E-state index contributed by atoms with van der Waals surface area (Å²) >= 11 is 0. The first-order valence-electron chi connectivity index (χ1n) is 6.62. The van der Waals surface area contributed by atoms with E-state index in [4.69, 9.17) is 0 Å². The van der Waals surface area contributed by atoms with Crippen LogP contribution in [0.5, 0.6) is 0 Å². The number of tetrazole rings is 1. The molecule has 0 radical (unpaired) electrons. The molecule has 21 heavy (non-hydrogen) atoms. The Morgan fingerprint density at radius 3 is 2.71 bits per heavy atom. The highest BCUT2D eigenvalue weighted by Crippen LogP contribution is 2.26. The van der Waals surface area contributed by atoms with Gasteiger partial charge in [-0.15, -0.1) is 14.8 Å². The van der Waals surface area contributed by atoms with Crippen molar-refractivity contribution in [3.05, 3.63) is 54.1 Å². The first-order valence-corrected chi connectivity index (χ1v) is 6.62. The Kier molecular flexibility index (Phi) is 2.53. The van der Waals surface area contributed by atoms with Crippen molar-refractivity contribution in [2.24, 2.45) is 0 Å². The average Bonchev–Trinajstić information content (AvgIpc) is 2.96. The summed E-state index contributed by atoms with van der Waals surface area (Å²) in [4.78, 5) is 0. The van der Waals surface area contributed by atoms with E-state index in [1.54, 1.807) is 0 Å². The van der Waals surface area contributed by atoms with Crippen LogP contribution in [0.3, 0.4) is 0 Å². The highest BCUT2D eigenvalue weighted by molar-refractivity contribution is 6.00. The molecule has 0 saturated heterocycles. The number of nitrogens with zero attached hydrogens (tertiary/aromatic N) is 5. The first kappa shape index (κ1) is 11.8. The van der Waals surface area contributed by atoms with Crippen LogP contribution in [0.4, 0.5) is 11.5 Å². The standard InChI is InChI=1S/C15H12N6/c1-10-5-4-6-11(9-10)16-14-12-7-2-3-8-13(12)15-17-19-20-21(15)18-14/h2-9H,1H3,(H,16,18). The summed E-state index contributed by atoms with van der Waals surface area (Å²) in [5.41, 5.74) is 2.83. The van der Waals surface area contributed by atoms with Crippen molar-refractivity contribution in [2.75, 3.05) is 5.32 Å². The van der Waals surface area contributed by atoms with E-state index in [9.17, 15) is 0 Å². The van der Waals surface area contributed by atoms with Gasteiger partial charge in [-0.25, -0.2) is 0 Å². The summed E-state index contributed by atoms with van der Waals surface area (Å²) in [6, 6.07) is 16.1. The van der Waals surface area contributed by atoms with E-state index in [0.29, 0.717) is 5.65 Å². The molecule has 0 unspecified atom stereocenters. The van der Waals surface area contributed by atoms with Crippen LogP contribution in [0, 0.1) is 6.92 Å². The Bertz CT molecular complexity index is 943. The van der Waals surface area contributed by atoms with Crippen LogP contribution >= 0.6 is 0 Å². The van der Waals surface area contributed by atoms with Crippen LogP contribution in [-0.4, -0.2) is 25.3 Å². The fraction of sp³-hybridized carbons (Fsp3) is 0.0667. The average molecular weight is 276 g/mol. The quantitative estimate of drug-likeness (QED) is 0.609. The van der Waals surface area contributed by atoms with Crippen molar-refractivity contribution in [3.63, 3.8) is 0 Å². The molecule has 1 N–H and O–H groups in total. The lowest BCUT2D eigenvalue weighted by atomic mass is 10.1. The molecule has 0 bridgehead atoms. The Morgan fingerprint density at radius 1 is 1.00 bits per heavy atom. The van der Waals surface area contributed by atoms with E-state index in [2.05, 4.69) is 45.0 Å². The summed E-state index contributed by atoms with van der Waals surface area (Å²) in [6.45, 7) is 2.06. The van der Waals surface area contributed by atoms with Gasteiger partial charge in [0.1, 0.15) is 0 Å². The fourth-order valence-corrected chi connectivity index (χ4v) is 2.40. The molecule has 0 aliphatic heterocycles. The monoisotopic (exact) mass is 276 g/mol. The number of hydrogen-bond donors (Lipinski definition) is 1. The van der Waals surface area contributed by atoms with Gasteiger partial charge in [-0.3, -0.25) is 0 Å². The number of aryl methyl sites for hydroxylation is 1. The van der Waals surface area contributed by atoms with Crippen LogP contribution in [0.2, 0.25) is 0 Å². The van der Waals surface area contributed by atoms with Gasteiger partial charge in [0.2, 0.25) is 5.65 Å². The Morgan fingerprint density at radius 2 is 1.86 bits per heavy atom. The van der Waals surface area contributed by atoms with Gasteiger partial charge in [-0.2, -0.15) is 0 Å². The number of hydrogen-bond acceptors (Lipinski definition) is 5. The van der Waals surface area contributed by atoms with Crippen molar-refractivity contribution in [3.8, 4) is 0 Å². The molecule has 2 aromatic heterocycles. The minimum Gasteiger partial charge on any atom is -0.338 e. The second-order valence-corrected chi connectivity index (χ2v) is 4.88. The van der Waals surface area contributed by atoms with Crippen LogP contribution in [0.15, 0.2) is 48.5 Å². The first-order chi connectivity index (χ1) is 10.3. The van der Waals surface area contributed by atoms with Crippen LogP contribution in [0.25, 0.3) is 16.4 Å². The van der Waals surface area contributed by atoms with E-state index in [-0.39, 0.29) is 0 Å². The molecule has 0 fully saturated rings. The second-order valence-electron chi connectivity index (χ2n) is 4.88. The van der Waals surface area contributed by atoms with Crippen LogP contribution < -0.4 is 5.32 Å². The third-order valence-electron chi connectivity index (χ3n) is 3.35. The minimum absolute atomic E-state index is 0.653. The summed E-state index contributed by atoms with van der Waals surface area (Å²) in [6.07, 6.45) is 0. The molecule has 2 aromatic carbocycles. The van der Waals surface area contributed by atoms with E-state index >= 15 is 0 Å². The molecule has 4 aromatic rings. The molecule has 0 atom stereocenters. The van der Waals surface area contributed by atoms with Gasteiger partial charge in [0.25, 0.3) is 0 Å². The molecule has 0 aliphatic carbocycles. The van der Waals surface area contributed by atoms with Crippen molar-refractivity contribution in [1.82, 2.24) is 25.3 Å². The molecular weight excluding hydrogens is 264 g/mol. The maximum atomic E-state index is 4.46. The molecule has 0 spiro atoms. The largest absolute Gasteiger partial charge is 0.338 e. The van der Waals surface area contributed by atoms with Crippen LogP contribution in [0.1, 0.15) is 5.56 Å². The lowest BCUT2D eigenvalue weighted by molar-refractivity contribution is 0.739. The number of anilines is 2. The third-order valence-corrected chi connectivity index (χ3v) is 3.35. The Balaban J connectivity index is 1.93. The zero-order chi connectivity index (χ0) is 14.2. The predicted molar refractivity (Wildman–Crippen MR) is 80.5 cm³/mol. The SMILES string of the molecule is Cc1cccc(Nc2nn3nnnc3c3ccccc23)c1. The number of aromatic nitrogens is 5. The van der Waals surface area contributed by atoms with Crippen molar-refractivity contribution < 1.29 is 0 Å². The Labute approximate surface area is 120 Å². The zero-order valence-corrected chi connectivity index (χ0v) is 11.4. The third kappa shape index (κ3) is 1.97. The lowest BCUT2D eigenvalue weighted by Crippen LogP contribution is -2.02. The number of benzene rings is 2. The molecule has 4 rings (SSSR count). The van der Waals surface area contributed by atoms with Gasteiger partial charge in [0.05, 0.1) is 0 Å². The molecule has 6 heteroatoms. The number of rotatable bonds is 2.